The smallest absolute Gasteiger partial charge is 0.0912 e. The summed E-state index contributed by atoms with van der Waals surface area (Å²) in [5, 5.41) is 10.9. The Labute approximate surface area is 142 Å². The van der Waals surface area contributed by atoms with Crippen LogP contribution in [0.2, 0.25) is 0 Å². The van der Waals surface area contributed by atoms with E-state index in [0.717, 1.165) is 38.3 Å². The molecule has 4 nitrogen and oxygen atoms in total. The first kappa shape index (κ1) is 16.6. The van der Waals surface area contributed by atoms with Crippen LogP contribution in [0, 0.1) is 6.92 Å². The maximum Gasteiger partial charge on any atom is 0.0912 e. The van der Waals surface area contributed by atoms with Gasteiger partial charge in [-0.1, -0.05) is 30.3 Å². The van der Waals surface area contributed by atoms with E-state index in [0.29, 0.717) is 6.54 Å². The molecule has 1 aromatic carbocycles. The average Bonchev–Trinajstić information content (AvgIpc) is 3.07. The Kier molecular flexibility index (Phi) is 5.11. The molecule has 0 radical (unpaired) electrons. The predicted octanol–water partition coefficient (Wildman–Crippen LogP) is 2.52. The van der Waals surface area contributed by atoms with Gasteiger partial charge in [-0.3, -0.25) is 9.80 Å². The fourth-order valence-corrected chi connectivity index (χ4v) is 4.18. The van der Waals surface area contributed by atoms with Crippen LogP contribution in [0.1, 0.15) is 22.6 Å². The van der Waals surface area contributed by atoms with Crippen molar-refractivity contribution in [1.82, 2.24) is 14.8 Å². The largest absolute Gasteiger partial charge is 0.387 e. The molecule has 1 N–H and O–H groups in total. The Morgan fingerprint density at radius 1 is 1.35 bits per heavy atom. The molecule has 1 aromatic heterocycles. The summed E-state index contributed by atoms with van der Waals surface area (Å²) in [4.78, 5) is 10.1. The predicted molar refractivity (Wildman–Crippen MR) is 94.5 cm³/mol. The Morgan fingerprint density at radius 2 is 2.13 bits per heavy atom. The first-order chi connectivity index (χ1) is 11.0. The number of likely N-dealkylation sites (tertiary alicyclic amines) is 1. The van der Waals surface area contributed by atoms with Gasteiger partial charge in [0.05, 0.1) is 16.8 Å². The Bertz CT molecular complexity index is 630. The lowest BCUT2D eigenvalue weighted by Gasteiger charge is -2.29. The number of aryl methyl sites for hydroxylation is 1. The van der Waals surface area contributed by atoms with E-state index >= 15 is 0 Å². The molecule has 0 saturated carbocycles. The zero-order chi connectivity index (χ0) is 16.3. The minimum atomic E-state index is -0.609. The Morgan fingerprint density at radius 3 is 2.83 bits per heavy atom. The maximum absolute atomic E-state index is 10.9. The number of likely N-dealkylation sites (N-methyl/N-ethyl adjacent to an activating group) is 1. The number of thiazole rings is 1. The van der Waals surface area contributed by atoms with Crippen molar-refractivity contribution in [2.24, 2.45) is 0 Å². The van der Waals surface area contributed by atoms with Crippen molar-refractivity contribution in [3.8, 4) is 0 Å². The standard InChI is InChI=1S/C18H25N3OS/c1-15-17(23-14-19-15)11-20(2)12-18(22)8-9-21(13-18)10-16-6-4-3-5-7-16/h3-7,14,22H,8-13H2,1-2H3. The number of aromatic nitrogens is 1. The molecule has 2 aromatic rings. The second-order valence-electron chi connectivity index (χ2n) is 6.70. The zero-order valence-corrected chi connectivity index (χ0v) is 14.7. The van der Waals surface area contributed by atoms with Gasteiger partial charge in [-0.05, 0) is 26.0 Å². The van der Waals surface area contributed by atoms with Crippen LogP contribution in [0.3, 0.4) is 0 Å². The van der Waals surface area contributed by atoms with E-state index in [4.69, 9.17) is 0 Å². The summed E-state index contributed by atoms with van der Waals surface area (Å²) in [6, 6.07) is 10.5. The number of aliphatic hydroxyl groups is 1. The quantitative estimate of drug-likeness (QED) is 0.883. The number of benzene rings is 1. The van der Waals surface area contributed by atoms with Crippen LogP contribution >= 0.6 is 11.3 Å². The van der Waals surface area contributed by atoms with Gasteiger partial charge >= 0.3 is 0 Å². The molecule has 124 valence electrons. The lowest BCUT2D eigenvalue weighted by atomic mass is 10.0. The number of nitrogens with zero attached hydrogens (tertiary/aromatic N) is 3. The van der Waals surface area contributed by atoms with Crippen LogP contribution in [-0.2, 0) is 13.1 Å². The van der Waals surface area contributed by atoms with E-state index in [1.165, 1.54) is 10.4 Å². The highest BCUT2D eigenvalue weighted by atomic mass is 32.1. The van der Waals surface area contributed by atoms with E-state index in [1.54, 1.807) is 11.3 Å². The van der Waals surface area contributed by atoms with Gasteiger partial charge in [0.1, 0.15) is 0 Å². The molecule has 1 unspecified atom stereocenters. The highest BCUT2D eigenvalue weighted by molar-refractivity contribution is 7.09. The summed E-state index contributed by atoms with van der Waals surface area (Å²) in [6.07, 6.45) is 0.839. The first-order valence-corrected chi connectivity index (χ1v) is 8.98. The van der Waals surface area contributed by atoms with Crippen LogP contribution in [-0.4, -0.2) is 52.2 Å². The second kappa shape index (κ2) is 7.09. The SMILES string of the molecule is Cc1ncsc1CN(C)CC1(O)CCN(Cc2ccccc2)C1. The molecule has 5 heteroatoms. The molecule has 3 rings (SSSR count). The zero-order valence-electron chi connectivity index (χ0n) is 13.9. The minimum absolute atomic E-state index is 0.609. The van der Waals surface area contributed by atoms with Crippen LogP contribution in [0.4, 0.5) is 0 Å². The molecule has 1 saturated heterocycles. The van der Waals surface area contributed by atoms with Gasteiger partial charge in [-0.15, -0.1) is 11.3 Å². The third-order valence-corrected chi connectivity index (χ3v) is 5.40. The van der Waals surface area contributed by atoms with E-state index < -0.39 is 5.60 Å². The topological polar surface area (TPSA) is 39.6 Å². The van der Waals surface area contributed by atoms with Gasteiger partial charge in [0.2, 0.25) is 0 Å². The number of hydrogen-bond donors (Lipinski definition) is 1. The highest BCUT2D eigenvalue weighted by Gasteiger charge is 2.36. The third kappa shape index (κ3) is 4.38. The van der Waals surface area contributed by atoms with E-state index in [2.05, 4.69) is 46.1 Å². The summed E-state index contributed by atoms with van der Waals surface area (Å²) in [5.74, 6) is 0. The molecule has 0 spiro atoms. The van der Waals surface area contributed by atoms with Crippen molar-refractivity contribution in [3.05, 3.63) is 52.0 Å². The van der Waals surface area contributed by atoms with Crippen LogP contribution < -0.4 is 0 Å². The van der Waals surface area contributed by atoms with Crippen molar-refractivity contribution in [2.75, 3.05) is 26.7 Å². The van der Waals surface area contributed by atoms with Gasteiger partial charge < -0.3 is 5.11 Å². The molecule has 1 aliphatic rings. The van der Waals surface area contributed by atoms with Crippen molar-refractivity contribution < 1.29 is 5.11 Å². The summed E-state index contributed by atoms with van der Waals surface area (Å²) in [6.45, 7) is 6.23. The van der Waals surface area contributed by atoms with E-state index in [-0.39, 0.29) is 0 Å². The van der Waals surface area contributed by atoms with Crippen molar-refractivity contribution in [1.29, 1.82) is 0 Å². The number of β-amino-alcohol motifs (C(OH)–C–C–N with tert-alkyl or cyclic N) is 1. The molecule has 0 aliphatic carbocycles. The van der Waals surface area contributed by atoms with Gasteiger partial charge in [0, 0.05) is 37.6 Å². The third-order valence-electron chi connectivity index (χ3n) is 4.48. The molecular weight excluding hydrogens is 306 g/mol. The van der Waals surface area contributed by atoms with Gasteiger partial charge in [-0.2, -0.15) is 0 Å². The van der Waals surface area contributed by atoms with Gasteiger partial charge in [0.15, 0.2) is 0 Å². The number of rotatable bonds is 6. The number of hydrogen-bond acceptors (Lipinski definition) is 5. The summed E-state index contributed by atoms with van der Waals surface area (Å²) in [5.41, 5.74) is 3.70. The summed E-state index contributed by atoms with van der Waals surface area (Å²) < 4.78 is 0. The molecular formula is C18H25N3OS. The molecule has 2 heterocycles. The fraction of sp³-hybridized carbons (Fsp3) is 0.500. The maximum atomic E-state index is 10.9. The van der Waals surface area contributed by atoms with E-state index in [1.807, 2.05) is 18.5 Å². The lowest BCUT2D eigenvalue weighted by Crippen LogP contribution is -2.43. The lowest BCUT2D eigenvalue weighted by molar-refractivity contribution is 0.0163. The van der Waals surface area contributed by atoms with Crippen LogP contribution in [0.15, 0.2) is 35.8 Å². The second-order valence-corrected chi connectivity index (χ2v) is 7.64. The van der Waals surface area contributed by atoms with E-state index in [9.17, 15) is 5.11 Å². The molecule has 1 atom stereocenters. The molecule has 23 heavy (non-hydrogen) atoms. The monoisotopic (exact) mass is 331 g/mol. The molecule has 1 aliphatic heterocycles. The van der Waals surface area contributed by atoms with Gasteiger partial charge in [-0.25, -0.2) is 4.98 Å². The molecule has 0 amide bonds. The summed E-state index contributed by atoms with van der Waals surface area (Å²) >= 11 is 1.69. The fourth-order valence-electron chi connectivity index (χ4n) is 3.33. The van der Waals surface area contributed by atoms with Crippen molar-refractivity contribution >= 4 is 11.3 Å². The van der Waals surface area contributed by atoms with Crippen molar-refractivity contribution in [3.63, 3.8) is 0 Å². The highest BCUT2D eigenvalue weighted by Crippen LogP contribution is 2.25. The Balaban J connectivity index is 1.53. The summed E-state index contributed by atoms with van der Waals surface area (Å²) in [7, 11) is 2.08. The van der Waals surface area contributed by atoms with Gasteiger partial charge in [0.25, 0.3) is 0 Å². The molecule has 1 fully saturated rings. The normalized spacial score (nSPS) is 22.1. The van der Waals surface area contributed by atoms with Crippen LogP contribution in [0.25, 0.3) is 0 Å². The minimum Gasteiger partial charge on any atom is -0.387 e. The van der Waals surface area contributed by atoms with Crippen molar-refractivity contribution in [2.45, 2.75) is 32.0 Å². The van der Waals surface area contributed by atoms with Crippen LogP contribution in [0.5, 0.6) is 0 Å². The average molecular weight is 331 g/mol. The first-order valence-electron chi connectivity index (χ1n) is 8.10. The Hall–Kier alpha value is -1.27. The molecule has 0 bridgehead atoms.